The Labute approximate surface area is 202 Å². The molecule has 31 heavy (non-hydrogen) atoms. The maximum Gasteiger partial charge on any atom is 0.191 e. The molecule has 7 heteroatoms. The molecule has 2 aromatic carbocycles. The van der Waals surface area contributed by atoms with E-state index in [0.29, 0.717) is 6.54 Å². The zero-order chi connectivity index (χ0) is 21.2. The van der Waals surface area contributed by atoms with Crippen molar-refractivity contribution < 1.29 is 14.2 Å². The Morgan fingerprint density at radius 3 is 2.35 bits per heavy atom. The lowest BCUT2D eigenvalue weighted by atomic mass is 9.74. The van der Waals surface area contributed by atoms with E-state index < -0.39 is 0 Å². The zero-order valence-electron chi connectivity index (χ0n) is 18.6. The normalized spacial score (nSPS) is 15.5. The molecule has 0 aliphatic carbocycles. The molecule has 0 amide bonds. The Kier molecular flexibility index (Phi) is 10.4. The number of benzene rings is 2. The summed E-state index contributed by atoms with van der Waals surface area (Å²) >= 11 is 0. The van der Waals surface area contributed by atoms with Crippen LogP contribution in [-0.4, -0.2) is 46.5 Å². The lowest BCUT2D eigenvalue weighted by Crippen LogP contribution is -2.48. The highest BCUT2D eigenvalue weighted by atomic mass is 127. The van der Waals surface area contributed by atoms with Crippen molar-refractivity contribution in [3.05, 3.63) is 59.7 Å². The van der Waals surface area contributed by atoms with Crippen molar-refractivity contribution in [3.8, 4) is 11.5 Å². The van der Waals surface area contributed by atoms with E-state index in [9.17, 15) is 0 Å². The van der Waals surface area contributed by atoms with E-state index in [4.69, 9.17) is 19.2 Å². The highest BCUT2D eigenvalue weighted by Gasteiger charge is 2.34. The van der Waals surface area contributed by atoms with Crippen LogP contribution in [-0.2, 0) is 16.7 Å². The van der Waals surface area contributed by atoms with Crippen LogP contribution in [0.1, 0.15) is 30.9 Å². The van der Waals surface area contributed by atoms with Gasteiger partial charge in [-0.1, -0.05) is 30.3 Å². The van der Waals surface area contributed by atoms with Gasteiger partial charge >= 0.3 is 0 Å². The maximum absolute atomic E-state index is 5.66. The lowest BCUT2D eigenvalue weighted by Gasteiger charge is -2.38. The summed E-state index contributed by atoms with van der Waals surface area (Å²) in [5.41, 5.74) is 2.37. The smallest absolute Gasteiger partial charge is 0.191 e. The second-order valence-electron chi connectivity index (χ2n) is 7.48. The molecular weight excluding hydrogens is 505 g/mol. The molecule has 2 aromatic rings. The first-order valence-corrected chi connectivity index (χ1v) is 10.6. The number of methoxy groups -OCH3 is 2. The predicted octanol–water partition coefficient (Wildman–Crippen LogP) is 4.13. The fraction of sp³-hybridized carbons (Fsp3) is 0.458. The average Bonchev–Trinajstić information content (AvgIpc) is 2.81. The summed E-state index contributed by atoms with van der Waals surface area (Å²) in [5, 5.41) is 6.94. The standard InChI is InChI=1S/C24H33N3O3.HI/c1-4-25-23(26-17-19-7-5-6-8-22(19)29-3)27-18-24(13-15-30-16-14-24)20-9-11-21(28-2)12-10-20;/h5-12H,4,13-18H2,1-3H3,(H2,25,26,27);1H. The van der Waals surface area contributed by atoms with Crippen molar-refractivity contribution in [2.45, 2.75) is 31.7 Å². The van der Waals surface area contributed by atoms with Crippen LogP contribution in [0.25, 0.3) is 0 Å². The van der Waals surface area contributed by atoms with Crippen molar-refractivity contribution in [2.24, 2.45) is 4.99 Å². The first-order chi connectivity index (χ1) is 14.7. The zero-order valence-corrected chi connectivity index (χ0v) is 21.0. The molecule has 1 fully saturated rings. The largest absolute Gasteiger partial charge is 0.497 e. The Morgan fingerprint density at radius 1 is 1.00 bits per heavy atom. The van der Waals surface area contributed by atoms with Gasteiger partial charge in [-0.2, -0.15) is 0 Å². The van der Waals surface area contributed by atoms with Crippen molar-refractivity contribution >= 4 is 29.9 Å². The SMILES string of the molecule is CCNC(=NCc1ccccc1OC)NCC1(c2ccc(OC)cc2)CCOCC1.I. The minimum absolute atomic E-state index is 0. The van der Waals surface area contributed by atoms with Crippen LogP contribution in [0.4, 0.5) is 0 Å². The third-order valence-corrected chi connectivity index (χ3v) is 5.69. The van der Waals surface area contributed by atoms with E-state index in [2.05, 4.69) is 29.7 Å². The molecule has 1 heterocycles. The molecule has 0 radical (unpaired) electrons. The van der Waals surface area contributed by atoms with E-state index in [-0.39, 0.29) is 29.4 Å². The quantitative estimate of drug-likeness (QED) is 0.300. The monoisotopic (exact) mass is 539 g/mol. The number of ether oxygens (including phenoxy) is 3. The van der Waals surface area contributed by atoms with E-state index in [1.165, 1.54) is 5.56 Å². The number of nitrogens with zero attached hydrogens (tertiary/aromatic N) is 1. The van der Waals surface area contributed by atoms with Gasteiger partial charge in [0.05, 0.1) is 20.8 Å². The van der Waals surface area contributed by atoms with Gasteiger partial charge in [-0.05, 0) is 43.5 Å². The fourth-order valence-corrected chi connectivity index (χ4v) is 3.87. The Bertz CT molecular complexity index is 821. The molecule has 0 atom stereocenters. The molecule has 1 saturated heterocycles. The highest BCUT2D eigenvalue weighted by Crippen LogP contribution is 2.35. The minimum atomic E-state index is 0. The van der Waals surface area contributed by atoms with Gasteiger partial charge in [0, 0.05) is 37.3 Å². The average molecular weight is 539 g/mol. The number of nitrogens with one attached hydrogen (secondary N) is 2. The Balaban J connectivity index is 0.00000341. The van der Waals surface area contributed by atoms with Crippen molar-refractivity contribution in [2.75, 3.05) is 40.5 Å². The van der Waals surface area contributed by atoms with Crippen molar-refractivity contribution in [3.63, 3.8) is 0 Å². The number of aliphatic imine (C=N–C) groups is 1. The topological polar surface area (TPSA) is 64.1 Å². The molecule has 0 unspecified atom stereocenters. The Morgan fingerprint density at radius 2 is 1.71 bits per heavy atom. The molecule has 0 aromatic heterocycles. The summed E-state index contributed by atoms with van der Waals surface area (Å²) < 4.78 is 16.4. The minimum Gasteiger partial charge on any atom is -0.497 e. The van der Waals surface area contributed by atoms with Crippen LogP contribution < -0.4 is 20.1 Å². The van der Waals surface area contributed by atoms with Crippen LogP contribution in [0, 0.1) is 0 Å². The number of guanidine groups is 1. The molecule has 0 spiro atoms. The van der Waals surface area contributed by atoms with Crippen LogP contribution in [0.3, 0.4) is 0 Å². The van der Waals surface area contributed by atoms with Crippen molar-refractivity contribution in [1.82, 2.24) is 10.6 Å². The third kappa shape index (κ3) is 6.74. The summed E-state index contributed by atoms with van der Waals surface area (Å²) in [6.07, 6.45) is 1.94. The highest BCUT2D eigenvalue weighted by molar-refractivity contribution is 14.0. The number of para-hydroxylation sites is 1. The predicted molar refractivity (Wildman–Crippen MR) is 136 cm³/mol. The van der Waals surface area contributed by atoms with E-state index in [1.807, 2.05) is 36.4 Å². The summed E-state index contributed by atoms with van der Waals surface area (Å²) in [7, 11) is 3.39. The second kappa shape index (κ2) is 12.8. The molecule has 3 rings (SSSR count). The van der Waals surface area contributed by atoms with Crippen molar-refractivity contribution in [1.29, 1.82) is 0 Å². The molecule has 1 aliphatic rings. The van der Waals surface area contributed by atoms with E-state index >= 15 is 0 Å². The molecule has 1 aliphatic heterocycles. The lowest BCUT2D eigenvalue weighted by molar-refractivity contribution is 0.0513. The van der Waals surface area contributed by atoms with Crippen LogP contribution in [0.5, 0.6) is 11.5 Å². The first kappa shape index (κ1) is 25.3. The molecule has 6 nitrogen and oxygen atoms in total. The van der Waals surface area contributed by atoms with Crippen LogP contribution in [0.15, 0.2) is 53.5 Å². The number of rotatable bonds is 8. The summed E-state index contributed by atoms with van der Waals surface area (Å²) in [6, 6.07) is 16.4. The fourth-order valence-electron chi connectivity index (χ4n) is 3.87. The summed E-state index contributed by atoms with van der Waals surface area (Å²) in [4.78, 5) is 4.79. The molecule has 0 bridgehead atoms. The first-order valence-electron chi connectivity index (χ1n) is 10.6. The number of hydrogen-bond acceptors (Lipinski definition) is 4. The number of hydrogen-bond donors (Lipinski definition) is 2. The second-order valence-corrected chi connectivity index (χ2v) is 7.48. The van der Waals surface area contributed by atoms with Crippen LogP contribution >= 0.6 is 24.0 Å². The van der Waals surface area contributed by atoms with Gasteiger partial charge in [0.25, 0.3) is 0 Å². The Hall–Kier alpha value is -2.00. The van der Waals surface area contributed by atoms with Gasteiger partial charge in [-0.3, -0.25) is 0 Å². The molecule has 170 valence electrons. The summed E-state index contributed by atoms with van der Waals surface area (Å²) in [5.74, 6) is 2.54. The van der Waals surface area contributed by atoms with Crippen LogP contribution in [0.2, 0.25) is 0 Å². The van der Waals surface area contributed by atoms with E-state index in [0.717, 1.165) is 62.2 Å². The van der Waals surface area contributed by atoms with Gasteiger partial charge in [0.2, 0.25) is 0 Å². The molecular formula is C24H34IN3O3. The van der Waals surface area contributed by atoms with Gasteiger partial charge in [-0.25, -0.2) is 4.99 Å². The maximum atomic E-state index is 5.66. The van der Waals surface area contributed by atoms with Gasteiger partial charge in [-0.15, -0.1) is 24.0 Å². The molecule has 0 saturated carbocycles. The van der Waals surface area contributed by atoms with E-state index in [1.54, 1.807) is 14.2 Å². The van der Waals surface area contributed by atoms with Gasteiger partial charge < -0.3 is 24.8 Å². The third-order valence-electron chi connectivity index (χ3n) is 5.69. The molecule has 2 N–H and O–H groups in total. The number of halogens is 1. The summed E-state index contributed by atoms with van der Waals surface area (Å²) in [6.45, 7) is 5.76. The van der Waals surface area contributed by atoms with Gasteiger partial charge in [0.1, 0.15) is 11.5 Å². The van der Waals surface area contributed by atoms with Gasteiger partial charge in [0.15, 0.2) is 5.96 Å².